The van der Waals surface area contributed by atoms with E-state index in [0.29, 0.717) is 0 Å². The molecule has 0 aliphatic heterocycles. The van der Waals surface area contributed by atoms with Crippen LogP contribution in [0.15, 0.2) is 53.0 Å². The number of benzene rings is 2. The number of hydrogen-bond acceptors (Lipinski definition) is 0. The molecule has 1 N–H and O–H groups in total. The maximum Gasteiger partial charge on any atom is 0.0458 e. The third-order valence-electron chi connectivity index (χ3n) is 3.32. The van der Waals surface area contributed by atoms with Gasteiger partial charge in [-0.1, -0.05) is 46.3 Å². The second kappa shape index (κ2) is 4.62. The molecule has 0 aliphatic carbocycles. The quantitative estimate of drug-likeness (QED) is 0.697. The maximum absolute atomic E-state index is 3.47. The van der Waals surface area contributed by atoms with Gasteiger partial charge in [-0.25, -0.2) is 0 Å². The average Bonchev–Trinajstić information content (AvgIpc) is 2.69. The fourth-order valence-corrected chi connectivity index (χ4v) is 2.63. The summed E-state index contributed by atoms with van der Waals surface area (Å²) in [5.74, 6) is 0. The van der Waals surface area contributed by atoms with E-state index >= 15 is 0 Å². The van der Waals surface area contributed by atoms with E-state index < -0.39 is 0 Å². The number of rotatable bonds is 2. The van der Waals surface area contributed by atoms with E-state index in [1.165, 1.54) is 27.7 Å². The molecule has 18 heavy (non-hydrogen) atoms. The van der Waals surface area contributed by atoms with Crippen LogP contribution >= 0.6 is 15.9 Å². The van der Waals surface area contributed by atoms with Gasteiger partial charge in [-0.3, -0.25) is 0 Å². The lowest BCUT2D eigenvalue weighted by atomic mass is 10.0. The van der Waals surface area contributed by atoms with Gasteiger partial charge in [0.1, 0.15) is 0 Å². The second-order valence-electron chi connectivity index (χ2n) is 4.58. The Bertz CT molecular complexity index is 680. The van der Waals surface area contributed by atoms with Crippen molar-refractivity contribution in [1.29, 1.82) is 0 Å². The molecule has 0 bridgehead atoms. The molecule has 0 atom stereocenters. The maximum atomic E-state index is 3.47. The number of aryl methyl sites for hydroxylation is 1. The van der Waals surface area contributed by atoms with E-state index in [-0.39, 0.29) is 0 Å². The van der Waals surface area contributed by atoms with Gasteiger partial charge in [0.05, 0.1) is 0 Å². The summed E-state index contributed by atoms with van der Waals surface area (Å²) >= 11 is 3.47. The number of para-hydroxylation sites is 1. The third-order valence-corrected chi connectivity index (χ3v) is 3.85. The van der Waals surface area contributed by atoms with Crippen molar-refractivity contribution in [2.24, 2.45) is 0 Å². The molecule has 0 amide bonds. The molecule has 1 heterocycles. The molecule has 0 fully saturated rings. The van der Waals surface area contributed by atoms with Gasteiger partial charge in [0.15, 0.2) is 0 Å². The fraction of sp³-hybridized carbons (Fsp3) is 0.125. The molecule has 0 saturated heterocycles. The zero-order chi connectivity index (χ0) is 12.5. The monoisotopic (exact) mass is 299 g/mol. The van der Waals surface area contributed by atoms with Crippen LogP contribution in [0, 0.1) is 6.92 Å². The van der Waals surface area contributed by atoms with Crippen molar-refractivity contribution in [3.63, 3.8) is 0 Å². The Balaban J connectivity index is 2.04. The van der Waals surface area contributed by atoms with Crippen LogP contribution < -0.4 is 0 Å². The van der Waals surface area contributed by atoms with Crippen LogP contribution in [0.2, 0.25) is 0 Å². The third kappa shape index (κ3) is 2.08. The lowest BCUT2D eigenvalue weighted by molar-refractivity contribution is 1.15. The summed E-state index contributed by atoms with van der Waals surface area (Å²) < 4.78 is 1.13. The van der Waals surface area contributed by atoms with Gasteiger partial charge in [0.25, 0.3) is 0 Å². The first-order valence-electron chi connectivity index (χ1n) is 6.04. The largest absolute Gasteiger partial charge is 0.358 e. The molecule has 0 spiro atoms. The normalized spacial score (nSPS) is 11.0. The molecule has 90 valence electrons. The van der Waals surface area contributed by atoms with Crippen molar-refractivity contribution in [3.8, 4) is 0 Å². The molecule has 2 heteroatoms. The van der Waals surface area contributed by atoms with Crippen molar-refractivity contribution >= 4 is 26.8 Å². The van der Waals surface area contributed by atoms with Crippen LogP contribution in [-0.4, -0.2) is 4.98 Å². The Labute approximate surface area is 115 Å². The first-order chi connectivity index (χ1) is 8.74. The number of fused-ring (bicyclic) bond motifs is 1. The molecule has 3 aromatic rings. The minimum absolute atomic E-state index is 0.975. The highest BCUT2D eigenvalue weighted by Gasteiger charge is 2.08. The van der Waals surface area contributed by atoms with E-state index in [4.69, 9.17) is 0 Å². The van der Waals surface area contributed by atoms with Crippen LogP contribution in [0.5, 0.6) is 0 Å². The number of H-pyrrole nitrogens is 1. The Morgan fingerprint density at radius 2 is 1.72 bits per heavy atom. The van der Waals surface area contributed by atoms with Gasteiger partial charge >= 0.3 is 0 Å². The lowest BCUT2D eigenvalue weighted by Crippen LogP contribution is -1.89. The topological polar surface area (TPSA) is 15.8 Å². The van der Waals surface area contributed by atoms with E-state index in [2.05, 4.69) is 76.4 Å². The minimum atomic E-state index is 0.975. The highest BCUT2D eigenvalue weighted by molar-refractivity contribution is 9.10. The first kappa shape index (κ1) is 11.5. The van der Waals surface area contributed by atoms with Crippen LogP contribution in [-0.2, 0) is 6.42 Å². The van der Waals surface area contributed by atoms with Gasteiger partial charge in [0.2, 0.25) is 0 Å². The molecule has 0 unspecified atom stereocenters. The second-order valence-corrected chi connectivity index (χ2v) is 5.49. The van der Waals surface area contributed by atoms with E-state index in [1.807, 2.05) is 0 Å². The number of hydrogen-bond donors (Lipinski definition) is 1. The average molecular weight is 300 g/mol. The number of aromatic nitrogens is 1. The van der Waals surface area contributed by atoms with Gasteiger partial charge < -0.3 is 4.98 Å². The van der Waals surface area contributed by atoms with Crippen molar-refractivity contribution in [3.05, 3.63) is 69.8 Å². The standard InChI is InChI=1S/C16H14BrN/c1-11-15(10-12-6-8-13(17)9-7-12)14-4-2-3-5-16(14)18-11/h2-9,18H,10H2,1H3. The van der Waals surface area contributed by atoms with Crippen molar-refractivity contribution in [2.45, 2.75) is 13.3 Å². The van der Waals surface area contributed by atoms with Crippen LogP contribution in [0.4, 0.5) is 0 Å². The summed E-state index contributed by atoms with van der Waals surface area (Å²) in [6, 6.07) is 17.0. The lowest BCUT2D eigenvalue weighted by Gasteiger charge is -2.02. The predicted molar refractivity (Wildman–Crippen MR) is 80.0 cm³/mol. The Kier molecular flexibility index (Phi) is 2.96. The van der Waals surface area contributed by atoms with Crippen molar-refractivity contribution in [2.75, 3.05) is 0 Å². The fourth-order valence-electron chi connectivity index (χ4n) is 2.37. The predicted octanol–water partition coefficient (Wildman–Crippen LogP) is 4.83. The molecule has 2 aromatic carbocycles. The molecular weight excluding hydrogens is 286 g/mol. The molecule has 1 aromatic heterocycles. The highest BCUT2D eigenvalue weighted by atomic mass is 79.9. The van der Waals surface area contributed by atoms with Gasteiger partial charge in [-0.2, -0.15) is 0 Å². The summed E-state index contributed by atoms with van der Waals surface area (Å²) in [4.78, 5) is 3.45. The SMILES string of the molecule is Cc1[nH]c2ccccc2c1Cc1ccc(Br)cc1. The molecular formula is C16H14BrN. The van der Waals surface area contributed by atoms with Crippen LogP contribution in [0.25, 0.3) is 10.9 Å². The van der Waals surface area contributed by atoms with Gasteiger partial charge in [-0.15, -0.1) is 0 Å². The molecule has 3 rings (SSSR count). The number of nitrogens with one attached hydrogen (secondary N) is 1. The Hall–Kier alpha value is -1.54. The molecule has 1 nitrogen and oxygen atoms in total. The summed E-state index contributed by atoms with van der Waals surface area (Å²) in [6.07, 6.45) is 0.975. The zero-order valence-corrected chi connectivity index (χ0v) is 11.8. The van der Waals surface area contributed by atoms with Crippen LogP contribution in [0.3, 0.4) is 0 Å². The Morgan fingerprint density at radius 1 is 1.00 bits per heavy atom. The van der Waals surface area contributed by atoms with Crippen molar-refractivity contribution < 1.29 is 0 Å². The molecule has 0 aliphatic rings. The van der Waals surface area contributed by atoms with E-state index in [9.17, 15) is 0 Å². The summed E-state index contributed by atoms with van der Waals surface area (Å²) in [5, 5.41) is 1.33. The van der Waals surface area contributed by atoms with Gasteiger partial charge in [-0.05, 0) is 42.7 Å². The summed E-state index contributed by atoms with van der Waals surface area (Å²) in [6.45, 7) is 2.15. The minimum Gasteiger partial charge on any atom is -0.358 e. The van der Waals surface area contributed by atoms with E-state index in [0.717, 1.165) is 10.9 Å². The molecule has 0 radical (unpaired) electrons. The highest BCUT2D eigenvalue weighted by Crippen LogP contribution is 2.24. The first-order valence-corrected chi connectivity index (χ1v) is 6.84. The Morgan fingerprint density at radius 3 is 2.50 bits per heavy atom. The zero-order valence-electron chi connectivity index (χ0n) is 10.2. The van der Waals surface area contributed by atoms with E-state index in [1.54, 1.807) is 0 Å². The smallest absolute Gasteiger partial charge is 0.0458 e. The molecule has 0 saturated carbocycles. The van der Waals surface area contributed by atoms with Crippen molar-refractivity contribution in [1.82, 2.24) is 4.98 Å². The summed E-state index contributed by atoms with van der Waals surface area (Å²) in [5.41, 5.74) is 5.22. The van der Waals surface area contributed by atoms with Crippen LogP contribution in [0.1, 0.15) is 16.8 Å². The number of halogens is 1. The number of aromatic amines is 1. The van der Waals surface area contributed by atoms with Gasteiger partial charge in [0, 0.05) is 21.1 Å². The summed E-state index contributed by atoms with van der Waals surface area (Å²) in [7, 11) is 0.